The minimum atomic E-state index is -0.345. The van der Waals surface area contributed by atoms with Crippen LogP contribution in [-0.2, 0) is 20.9 Å². The third-order valence-electron chi connectivity index (χ3n) is 7.10. The number of piperidine rings is 1. The Kier molecular flexibility index (Phi) is 9.23. The molecule has 0 radical (unpaired) electrons. The zero-order valence-electron chi connectivity index (χ0n) is 21.4. The number of nitrogens with zero attached hydrogens (tertiary/aromatic N) is 1. The Hall–Kier alpha value is -3.06. The number of carbonyl (C=O) groups excluding carboxylic acids is 2. The van der Waals surface area contributed by atoms with Crippen molar-refractivity contribution in [2.75, 3.05) is 26.9 Å². The lowest BCUT2D eigenvalue weighted by Crippen LogP contribution is -2.48. The first-order chi connectivity index (χ1) is 17.6. The summed E-state index contributed by atoms with van der Waals surface area (Å²) in [6, 6.07) is 15.2. The maximum Gasteiger partial charge on any atom is 0.225 e. The van der Waals surface area contributed by atoms with Crippen LogP contribution >= 0.6 is 0 Å². The molecule has 1 N–H and O–H groups in total. The fraction of sp³-hybridized carbons (Fsp3) is 0.517. The maximum atomic E-state index is 13.5. The molecule has 2 aromatic rings. The highest BCUT2D eigenvalue weighted by Crippen LogP contribution is 2.41. The molecule has 2 fully saturated rings. The Labute approximate surface area is 214 Å². The lowest BCUT2D eigenvalue weighted by atomic mass is 9.83. The van der Waals surface area contributed by atoms with Crippen LogP contribution in [0.1, 0.15) is 62.6 Å². The number of methoxy groups -OCH3 is 1. The second kappa shape index (κ2) is 12.8. The van der Waals surface area contributed by atoms with Crippen molar-refractivity contribution in [2.45, 2.75) is 64.1 Å². The van der Waals surface area contributed by atoms with E-state index in [4.69, 9.17) is 14.2 Å². The smallest absolute Gasteiger partial charge is 0.225 e. The van der Waals surface area contributed by atoms with Crippen molar-refractivity contribution in [3.8, 4) is 11.5 Å². The summed E-state index contributed by atoms with van der Waals surface area (Å²) >= 11 is 0. The molecule has 0 bridgehead atoms. The van der Waals surface area contributed by atoms with Gasteiger partial charge < -0.3 is 24.4 Å². The van der Waals surface area contributed by atoms with Crippen molar-refractivity contribution < 1.29 is 23.8 Å². The van der Waals surface area contributed by atoms with Gasteiger partial charge in [0.05, 0.1) is 25.2 Å². The first-order valence-corrected chi connectivity index (χ1v) is 13.1. The summed E-state index contributed by atoms with van der Waals surface area (Å²) in [5.74, 6) is 1.22. The number of hydrogen-bond acceptors (Lipinski definition) is 5. The summed E-state index contributed by atoms with van der Waals surface area (Å²) in [7, 11) is 1.63. The maximum absolute atomic E-state index is 13.5. The van der Waals surface area contributed by atoms with Gasteiger partial charge in [0.25, 0.3) is 0 Å². The lowest BCUT2D eigenvalue weighted by Gasteiger charge is -2.41. The van der Waals surface area contributed by atoms with Crippen molar-refractivity contribution >= 4 is 11.8 Å². The molecule has 7 heteroatoms. The van der Waals surface area contributed by atoms with Gasteiger partial charge in [0.2, 0.25) is 11.8 Å². The van der Waals surface area contributed by atoms with Gasteiger partial charge >= 0.3 is 0 Å². The summed E-state index contributed by atoms with van der Waals surface area (Å²) in [5, 5.41) is 3.12. The van der Waals surface area contributed by atoms with Crippen LogP contribution < -0.4 is 14.8 Å². The molecule has 0 spiro atoms. The molecule has 2 saturated heterocycles. The van der Waals surface area contributed by atoms with Crippen LogP contribution in [0.2, 0.25) is 0 Å². The summed E-state index contributed by atoms with van der Waals surface area (Å²) in [4.78, 5) is 28.3. The Bertz CT molecular complexity index is 1000. The fourth-order valence-electron chi connectivity index (χ4n) is 5.10. The van der Waals surface area contributed by atoms with Crippen LogP contribution in [-0.4, -0.2) is 49.7 Å². The number of ether oxygens (including phenoxy) is 3. The van der Waals surface area contributed by atoms with Gasteiger partial charge in [-0.2, -0.15) is 0 Å². The molecule has 0 saturated carbocycles. The number of rotatable bonds is 11. The van der Waals surface area contributed by atoms with E-state index in [1.165, 1.54) is 0 Å². The average Bonchev–Trinajstić information content (AvgIpc) is 3.44. The monoisotopic (exact) mass is 494 g/mol. The average molecular weight is 495 g/mol. The van der Waals surface area contributed by atoms with Gasteiger partial charge in [0.1, 0.15) is 18.1 Å². The number of para-hydroxylation sites is 1. The molecule has 0 aliphatic carbocycles. The van der Waals surface area contributed by atoms with Crippen LogP contribution in [0.4, 0.5) is 0 Å². The number of unbranched alkanes of at least 4 members (excludes halogenated alkanes) is 1. The first-order valence-electron chi connectivity index (χ1n) is 13.1. The van der Waals surface area contributed by atoms with Crippen molar-refractivity contribution in [3.05, 3.63) is 59.7 Å². The molecule has 3 atom stereocenters. The fourth-order valence-corrected chi connectivity index (χ4v) is 5.10. The van der Waals surface area contributed by atoms with Gasteiger partial charge in [-0.3, -0.25) is 9.59 Å². The summed E-state index contributed by atoms with van der Waals surface area (Å²) < 4.78 is 17.1. The van der Waals surface area contributed by atoms with E-state index in [9.17, 15) is 9.59 Å². The topological polar surface area (TPSA) is 77.1 Å². The number of hydrogen-bond donors (Lipinski definition) is 1. The SMILES string of the molecule is CCCCN1C(=O)CCC(C(=O)NCc2ccc(OCC3CCCO3)cc2)C1c1ccccc1OC. The molecular formula is C29H38N2O5. The van der Waals surface area contributed by atoms with Crippen molar-refractivity contribution in [3.63, 3.8) is 0 Å². The molecule has 36 heavy (non-hydrogen) atoms. The minimum absolute atomic E-state index is 0.0430. The molecule has 194 valence electrons. The van der Waals surface area contributed by atoms with E-state index in [0.29, 0.717) is 38.3 Å². The van der Waals surface area contributed by atoms with E-state index >= 15 is 0 Å². The molecule has 2 amide bonds. The Balaban J connectivity index is 1.43. The van der Waals surface area contributed by atoms with E-state index in [-0.39, 0.29) is 29.9 Å². The lowest BCUT2D eigenvalue weighted by molar-refractivity contribution is -0.143. The molecule has 0 aromatic heterocycles. The van der Waals surface area contributed by atoms with Gasteiger partial charge in [-0.25, -0.2) is 0 Å². The zero-order valence-corrected chi connectivity index (χ0v) is 21.4. The summed E-state index contributed by atoms with van der Waals surface area (Å²) in [5.41, 5.74) is 1.88. The third-order valence-corrected chi connectivity index (χ3v) is 7.10. The van der Waals surface area contributed by atoms with E-state index in [1.807, 2.05) is 53.4 Å². The highest BCUT2D eigenvalue weighted by molar-refractivity contribution is 5.85. The van der Waals surface area contributed by atoms with Crippen molar-refractivity contribution in [1.82, 2.24) is 10.2 Å². The Morgan fingerprint density at radius 1 is 1.14 bits per heavy atom. The highest BCUT2D eigenvalue weighted by atomic mass is 16.5. The van der Waals surface area contributed by atoms with E-state index < -0.39 is 0 Å². The van der Waals surface area contributed by atoms with Gasteiger partial charge in [-0.1, -0.05) is 43.7 Å². The standard InChI is InChI=1S/C29H38N2O5/c1-3-4-17-31-27(32)16-15-25(28(31)24-9-5-6-10-26(24)34-2)29(33)30-19-21-11-13-22(14-12-21)36-20-23-8-7-18-35-23/h5-6,9-14,23,25,28H,3-4,7-8,15-20H2,1-2H3,(H,30,33). The molecule has 2 heterocycles. The number of amides is 2. The van der Waals surface area contributed by atoms with Crippen molar-refractivity contribution in [1.29, 1.82) is 0 Å². The number of likely N-dealkylation sites (tertiary alicyclic amines) is 1. The van der Waals surface area contributed by atoms with Crippen LogP contribution in [0.25, 0.3) is 0 Å². The summed E-state index contributed by atoms with van der Waals surface area (Å²) in [6.45, 7) is 4.54. The predicted molar refractivity (Wildman–Crippen MR) is 138 cm³/mol. The molecule has 7 nitrogen and oxygen atoms in total. The molecule has 3 unspecified atom stereocenters. The normalized spacial score (nSPS) is 21.9. The number of carbonyl (C=O) groups is 2. The summed E-state index contributed by atoms with van der Waals surface area (Å²) in [6.07, 6.45) is 5.09. The number of nitrogens with one attached hydrogen (secondary N) is 1. The van der Waals surface area contributed by atoms with Crippen LogP contribution in [0.15, 0.2) is 48.5 Å². The predicted octanol–water partition coefficient (Wildman–Crippen LogP) is 4.65. The zero-order chi connectivity index (χ0) is 25.3. The van der Waals surface area contributed by atoms with Gasteiger partial charge in [0, 0.05) is 31.7 Å². The third kappa shape index (κ3) is 6.38. The van der Waals surface area contributed by atoms with E-state index in [2.05, 4.69) is 12.2 Å². The molecule has 2 aromatic carbocycles. The highest BCUT2D eigenvalue weighted by Gasteiger charge is 2.41. The Morgan fingerprint density at radius 2 is 1.94 bits per heavy atom. The quantitative estimate of drug-likeness (QED) is 0.492. The van der Waals surface area contributed by atoms with E-state index in [1.54, 1.807) is 7.11 Å². The van der Waals surface area contributed by atoms with Gasteiger partial charge in [-0.15, -0.1) is 0 Å². The second-order valence-corrected chi connectivity index (χ2v) is 9.58. The largest absolute Gasteiger partial charge is 0.496 e. The van der Waals surface area contributed by atoms with Crippen LogP contribution in [0.3, 0.4) is 0 Å². The number of benzene rings is 2. The first kappa shape index (κ1) is 26.0. The molecule has 2 aliphatic heterocycles. The van der Waals surface area contributed by atoms with E-state index in [0.717, 1.165) is 49.2 Å². The second-order valence-electron chi connectivity index (χ2n) is 9.58. The molecular weight excluding hydrogens is 456 g/mol. The van der Waals surface area contributed by atoms with Crippen molar-refractivity contribution in [2.24, 2.45) is 5.92 Å². The van der Waals surface area contributed by atoms with Gasteiger partial charge in [-0.05, 0) is 49.4 Å². The molecule has 4 rings (SSSR count). The molecule has 2 aliphatic rings. The van der Waals surface area contributed by atoms with Crippen LogP contribution in [0, 0.1) is 5.92 Å². The minimum Gasteiger partial charge on any atom is -0.496 e. The van der Waals surface area contributed by atoms with Gasteiger partial charge in [0.15, 0.2) is 0 Å². The van der Waals surface area contributed by atoms with Crippen LogP contribution in [0.5, 0.6) is 11.5 Å². The Morgan fingerprint density at radius 3 is 2.67 bits per heavy atom.